The van der Waals surface area contributed by atoms with Gasteiger partial charge in [-0.25, -0.2) is 4.98 Å². The molecule has 1 aliphatic rings. The molecule has 1 aromatic carbocycles. The number of benzene rings is 1. The van der Waals surface area contributed by atoms with Crippen molar-refractivity contribution in [3.8, 4) is 0 Å². The molecular formula is C15H20N2OS. The average molecular weight is 276 g/mol. The van der Waals surface area contributed by atoms with Crippen molar-refractivity contribution in [1.82, 2.24) is 10.3 Å². The molecule has 2 aromatic rings. The van der Waals surface area contributed by atoms with Gasteiger partial charge < -0.3 is 10.1 Å². The molecular weight excluding hydrogens is 256 g/mol. The maximum atomic E-state index is 5.95. The molecule has 1 N–H and O–H groups in total. The lowest BCUT2D eigenvalue weighted by Crippen LogP contribution is -2.48. The summed E-state index contributed by atoms with van der Waals surface area (Å²) in [6.07, 6.45) is 3.23. The molecule has 19 heavy (non-hydrogen) atoms. The molecule has 2 unspecified atom stereocenters. The number of hydrogen-bond acceptors (Lipinski definition) is 4. The molecule has 4 heteroatoms. The van der Waals surface area contributed by atoms with Crippen LogP contribution in [0.5, 0.6) is 0 Å². The topological polar surface area (TPSA) is 34.2 Å². The van der Waals surface area contributed by atoms with Gasteiger partial charge in [-0.05, 0) is 38.9 Å². The van der Waals surface area contributed by atoms with Gasteiger partial charge in [0.15, 0.2) is 0 Å². The SMILES string of the molecule is CNC(Cc1nc2ccccc2s1)C1(C)CCCO1. The minimum atomic E-state index is -0.0490. The molecule has 0 bridgehead atoms. The predicted octanol–water partition coefficient (Wildman–Crippen LogP) is 3.00. The number of nitrogens with one attached hydrogen (secondary N) is 1. The van der Waals surface area contributed by atoms with Crippen LogP contribution in [0, 0.1) is 0 Å². The fourth-order valence-corrected chi connectivity index (χ4v) is 3.89. The van der Waals surface area contributed by atoms with E-state index >= 15 is 0 Å². The molecule has 2 heterocycles. The van der Waals surface area contributed by atoms with E-state index < -0.39 is 0 Å². The van der Waals surface area contributed by atoms with Crippen molar-refractivity contribution in [1.29, 1.82) is 0 Å². The van der Waals surface area contributed by atoms with Crippen molar-refractivity contribution in [3.63, 3.8) is 0 Å². The standard InChI is InChI=1S/C15H20N2OS/c1-15(8-5-9-18-15)13(16-2)10-14-17-11-6-3-4-7-12(11)19-14/h3-4,6-7,13,16H,5,8-10H2,1-2H3. The molecule has 1 saturated heterocycles. The third-order valence-corrected chi connectivity index (χ3v) is 5.11. The largest absolute Gasteiger partial charge is 0.374 e. The summed E-state index contributed by atoms with van der Waals surface area (Å²) in [6.45, 7) is 3.10. The van der Waals surface area contributed by atoms with Crippen LogP contribution in [0.4, 0.5) is 0 Å². The highest BCUT2D eigenvalue weighted by Crippen LogP contribution is 2.31. The summed E-state index contributed by atoms with van der Waals surface area (Å²) in [5.41, 5.74) is 1.06. The second-order valence-corrected chi connectivity index (χ2v) is 6.50. The van der Waals surface area contributed by atoms with Crippen LogP contribution < -0.4 is 5.32 Å². The van der Waals surface area contributed by atoms with E-state index in [2.05, 4.69) is 30.4 Å². The highest BCUT2D eigenvalue weighted by Gasteiger charge is 2.37. The van der Waals surface area contributed by atoms with Crippen molar-refractivity contribution in [2.75, 3.05) is 13.7 Å². The number of thiazole rings is 1. The van der Waals surface area contributed by atoms with Crippen LogP contribution >= 0.6 is 11.3 Å². The third-order valence-electron chi connectivity index (χ3n) is 4.05. The van der Waals surface area contributed by atoms with Crippen molar-refractivity contribution >= 4 is 21.6 Å². The number of para-hydroxylation sites is 1. The van der Waals surface area contributed by atoms with Gasteiger partial charge in [0.05, 0.1) is 20.8 Å². The summed E-state index contributed by atoms with van der Waals surface area (Å²) >= 11 is 1.79. The van der Waals surface area contributed by atoms with Gasteiger partial charge in [0.1, 0.15) is 0 Å². The maximum Gasteiger partial charge on any atom is 0.0955 e. The van der Waals surface area contributed by atoms with E-state index in [1.165, 1.54) is 9.71 Å². The number of likely N-dealkylation sites (N-methyl/N-ethyl adjacent to an activating group) is 1. The zero-order valence-corrected chi connectivity index (χ0v) is 12.3. The monoisotopic (exact) mass is 276 g/mol. The van der Waals surface area contributed by atoms with E-state index in [9.17, 15) is 0 Å². The molecule has 2 atom stereocenters. The van der Waals surface area contributed by atoms with E-state index in [0.717, 1.165) is 31.4 Å². The maximum absolute atomic E-state index is 5.95. The lowest BCUT2D eigenvalue weighted by molar-refractivity contribution is -0.00943. The van der Waals surface area contributed by atoms with Crippen LogP contribution in [0.25, 0.3) is 10.2 Å². The summed E-state index contributed by atoms with van der Waals surface area (Å²) in [5.74, 6) is 0. The summed E-state index contributed by atoms with van der Waals surface area (Å²) in [5, 5.41) is 4.61. The fourth-order valence-electron chi connectivity index (χ4n) is 2.88. The minimum absolute atomic E-state index is 0.0490. The van der Waals surface area contributed by atoms with E-state index in [1.54, 1.807) is 11.3 Å². The molecule has 0 aliphatic carbocycles. The second kappa shape index (κ2) is 5.19. The van der Waals surface area contributed by atoms with E-state index in [0.29, 0.717) is 6.04 Å². The van der Waals surface area contributed by atoms with Gasteiger partial charge in [-0.2, -0.15) is 0 Å². The zero-order chi connectivity index (χ0) is 13.3. The summed E-state index contributed by atoms with van der Waals surface area (Å²) in [4.78, 5) is 4.73. The van der Waals surface area contributed by atoms with Crippen molar-refractivity contribution in [3.05, 3.63) is 29.3 Å². The number of fused-ring (bicyclic) bond motifs is 1. The van der Waals surface area contributed by atoms with Crippen molar-refractivity contribution < 1.29 is 4.74 Å². The number of rotatable bonds is 4. The molecule has 1 aromatic heterocycles. The second-order valence-electron chi connectivity index (χ2n) is 5.39. The number of nitrogens with zero attached hydrogens (tertiary/aromatic N) is 1. The smallest absolute Gasteiger partial charge is 0.0955 e. The summed E-state index contributed by atoms with van der Waals surface area (Å²) < 4.78 is 7.22. The van der Waals surface area contributed by atoms with Gasteiger partial charge in [-0.1, -0.05) is 12.1 Å². The molecule has 0 spiro atoms. The van der Waals surface area contributed by atoms with Gasteiger partial charge in [0.25, 0.3) is 0 Å². The predicted molar refractivity (Wildman–Crippen MR) is 79.8 cm³/mol. The Morgan fingerprint density at radius 3 is 3.00 bits per heavy atom. The third kappa shape index (κ3) is 2.53. The first kappa shape index (κ1) is 13.0. The first-order valence-corrected chi connectivity index (χ1v) is 7.68. The van der Waals surface area contributed by atoms with E-state index in [1.807, 2.05) is 13.1 Å². The minimum Gasteiger partial charge on any atom is -0.374 e. The highest BCUT2D eigenvalue weighted by molar-refractivity contribution is 7.18. The van der Waals surface area contributed by atoms with Crippen LogP contribution in [-0.2, 0) is 11.2 Å². The Morgan fingerprint density at radius 1 is 1.47 bits per heavy atom. The van der Waals surface area contributed by atoms with E-state index in [4.69, 9.17) is 9.72 Å². The highest BCUT2D eigenvalue weighted by atomic mass is 32.1. The normalized spacial score (nSPS) is 24.9. The molecule has 3 nitrogen and oxygen atoms in total. The Bertz CT molecular complexity index is 527. The number of hydrogen-bond donors (Lipinski definition) is 1. The van der Waals surface area contributed by atoms with Crippen LogP contribution in [0.2, 0.25) is 0 Å². The number of aromatic nitrogens is 1. The quantitative estimate of drug-likeness (QED) is 0.932. The molecule has 0 radical (unpaired) electrons. The van der Waals surface area contributed by atoms with Crippen LogP contribution in [0.3, 0.4) is 0 Å². The lowest BCUT2D eigenvalue weighted by Gasteiger charge is -2.32. The van der Waals surface area contributed by atoms with Crippen molar-refractivity contribution in [2.45, 2.75) is 37.8 Å². The zero-order valence-electron chi connectivity index (χ0n) is 11.5. The number of ether oxygens (including phenoxy) is 1. The fraction of sp³-hybridized carbons (Fsp3) is 0.533. The van der Waals surface area contributed by atoms with Crippen LogP contribution in [0.1, 0.15) is 24.8 Å². The van der Waals surface area contributed by atoms with E-state index in [-0.39, 0.29) is 5.60 Å². The molecule has 0 saturated carbocycles. The molecule has 1 aliphatic heterocycles. The Hall–Kier alpha value is -0.970. The van der Waals surface area contributed by atoms with Gasteiger partial charge in [0, 0.05) is 19.1 Å². The van der Waals surface area contributed by atoms with Gasteiger partial charge >= 0.3 is 0 Å². The van der Waals surface area contributed by atoms with Crippen LogP contribution in [-0.4, -0.2) is 30.3 Å². The van der Waals surface area contributed by atoms with Gasteiger partial charge in [0.2, 0.25) is 0 Å². The first-order chi connectivity index (χ1) is 9.21. The van der Waals surface area contributed by atoms with Gasteiger partial charge in [-0.15, -0.1) is 11.3 Å². The molecule has 0 amide bonds. The molecule has 102 valence electrons. The average Bonchev–Trinajstić information content (AvgIpc) is 3.02. The Labute approximate surface area is 118 Å². The first-order valence-electron chi connectivity index (χ1n) is 6.87. The summed E-state index contributed by atoms with van der Waals surface area (Å²) in [6, 6.07) is 8.66. The van der Waals surface area contributed by atoms with Crippen molar-refractivity contribution in [2.24, 2.45) is 0 Å². The Kier molecular flexibility index (Phi) is 3.56. The van der Waals surface area contributed by atoms with Gasteiger partial charge in [-0.3, -0.25) is 0 Å². The molecule has 3 rings (SSSR count). The molecule has 1 fully saturated rings. The lowest BCUT2D eigenvalue weighted by atomic mass is 9.91. The summed E-state index contributed by atoms with van der Waals surface area (Å²) in [7, 11) is 2.02. The Morgan fingerprint density at radius 2 is 2.32 bits per heavy atom. The Balaban J connectivity index is 1.82. The van der Waals surface area contributed by atoms with Crippen LogP contribution in [0.15, 0.2) is 24.3 Å².